The highest BCUT2D eigenvalue weighted by atomic mass is 35.5. The standard InChI is InChI=1S/C14H22N4O.ClH/c1-15-13(12-6-16-17(2)7-12)14(19)18-8-10-4-3-5-11(10)9-18;/h6-7,10-11,13,15H,3-5,8-9H2,1-2H3;1H. The van der Waals surface area contributed by atoms with Crippen molar-refractivity contribution in [3.05, 3.63) is 18.0 Å². The number of rotatable bonds is 3. The van der Waals surface area contributed by atoms with Gasteiger partial charge in [-0.1, -0.05) is 6.42 Å². The van der Waals surface area contributed by atoms with Crippen LogP contribution in [0.2, 0.25) is 0 Å². The van der Waals surface area contributed by atoms with Gasteiger partial charge in [0, 0.05) is 31.9 Å². The van der Waals surface area contributed by atoms with Crippen LogP contribution in [-0.2, 0) is 11.8 Å². The van der Waals surface area contributed by atoms with E-state index in [1.807, 2.05) is 25.2 Å². The number of halogens is 1. The fourth-order valence-corrected chi connectivity index (χ4v) is 3.62. The summed E-state index contributed by atoms with van der Waals surface area (Å²) in [7, 11) is 3.72. The molecule has 3 unspecified atom stereocenters. The average molecular weight is 299 g/mol. The molecule has 0 bridgehead atoms. The Hall–Kier alpha value is -1.07. The van der Waals surface area contributed by atoms with E-state index in [9.17, 15) is 4.79 Å². The summed E-state index contributed by atoms with van der Waals surface area (Å²) in [5, 5.41) is 7.29. The molecule has 1 aromatic rings. The molecule has 0 radical (unpaired) electrons. The third-order valence-electron chi connectivity index (χ3n) is 4.63. The van der Waals surface area contributed by atoms with Gasteiger partial charge >= 0.3 is 0 Å². The molecule has 0 spiro atoms. The molecule has 112 valence electrons. The van der Waals surface area contributed by atoms with Gasteiger partial charge in [0.2, 0.25) is 5.91 Å². The minimum absolute atomic E-state index is 0. The van der Waals surface area contributed by atoms with Crippen molar-refractivity contribution in [1.29, 1.82) is 0 Å². The molecular formula is C14H23ClN4O. The maximum atomic E-state index is 12.6. The zero-order chi connectivity index (χ0) is 13.4. The van der Waals surface area contributed by atoms with Crippen LogP contribution in [0, 0.1) is 11.8 Å². The molecule has 1 aliphatic heterocycles. The largest absolute Gasteiger partial charge is 0.340 e. The quantitative estimate of drug-likeness (QED) is 0.917. The summed E-state index contributed by atoms with van der Waals surface area (Å²) in [6.45, 7) is 1.89. The number of hydrogen-bond acceptors (Lipinski definition) is 3. The van der Waals surface area contributed by atoms with Gasteiger partial charge in [0.25, 0.3) is 0 Å². The van der Waals surface area contributed by atoms with Crippen molar-refractivity contribution in [3.8, 4) is 0 Å². The normalized spacial score (nSPS) is 26.2. The Balaban J connectivity index is 0.00000147. The van der Waals surface area contributed by atoms with Gasteiger partial charge < -0.3 is 10.2 Å². The van der Waals surface area contributed by atoms with E-state index in [1.165, 1.54) is 19.3 Å². The second-order valence-electron chi connectivity index (χ2n) is 5.86. The van der Waals surface area contributed by atoms with E-state index in [2.05, 4.69) is 10.4 Å². The molecule has 1 aromatic heterocycles. The van der Waals surface area contributed by atoms with Gasteiger partial charge in [-0.25, -0.2) is 0 Å². The first-order valence-corrected chi connectivity index (χ1v) is 7.13. The van der Waals surface area contributed by atoms with Crippen molar-refractivity contribution in [3.63, 3.8) is 0 Å². The summed E-state index contributed by atoms with van der Waals surface area (Å²) in [6.07, 6.45) is 7.62. The Morgan fingerprint density at radius 1 is 1.40 bits per heavy atom. The summed E-state index contributed by atoms with van der Waals surface area (Å²) in [5.41, 5.74) is 0.951. The summed E-state index contributed by atoms with van der Waals surface area (Å²) in [4.78, 5) is 14.7. The molecule has 1 saturated carbocycles. The summed E-state index contributed by atoms with van der Waals surface area (Å²) in [6, 6.07) is -0.257. The number of aromatic nitrogens is 2. The number of amides is 1. The third-order valence-corrected chi connectivity index (χ3v) is 4.63. The second-order valence-corrected chi connectivity index (χ2v) is 5.86. The predicted octanol–water partition coefficient (Wildman–Crippen LogP) is 1.36. The van der Waals surface area contributed by atoms with E-state index in [-0.39, 0.29) is 24.4 Å². The molecule has 0 aromatic carbocycles. The smallest absolute Gasteiger partial charge is 0.244 e. The van der Waals surface area contributed by atoms with Crippen molar-refractivity contribution in [2.45, 2.75) is 25.3 Å². The molecule has 2 aliphatic rings. The van der Waals surface area contributed by atoms with Crippen LogP contribution in [0.5, 0.6) is 0 Å². The van der Waals surface area contributed by atoms with Crippen LogP contribution in [0.15, 0.2) is 12.4 Å². The van der Waals surface area contributed by atoms with Crippen LogP contribution in [0.4, 0.5) is 0 Å². The molecule has 6 heteroatoms. The van der Waals surface area contributed by atoms with E-state index in [4.69, 9.17) is 0 Å². The molecule has 1 amide bonds. The summed E-state index contributed by atoms with van der Waals surface area (Å²) in [5.74, 6) is 1.69. The summed E-state index contributed by atoms with van der Waals surface area (Å²) >= 11 is 0. The highest BCUT2D eigenvalue weighted by Gasteiger charge is 2.39. The van der Waals surface area contributed by atoms with Gasteiger partial charge in [-0.2, -0.15) is 5.10 Å². The van der Waals surface area contributed by atoms with Crippen molar-refractivity contribution in [2.24, 2.45) is 18.9 Å². The summed E-state index contributed by atoms with van der Waals surface area (Å²) < 4.78 is 1.74. The topological polar surface area (TPSA) is 50.2 Å². The van der Waals surface area contributed by atoms with Crippen molar-refractivity contribution in [2.75, 3.05) is 20.1 Å². The molecule has 5 nitrogen and oxygen atoms in total. The molecule has 1 N–H and O–H groups in total. The molecule has 2 heterocycles. The lowest BCUT2D eigenvalue weighted by Crippen LogP contribution is -2.38. The number of aryl methyl sites for hydroxylation is 1. The van der Waals surface area contributed by atoms with Crippen molar-refractivity contribution in [1.82, 2.24) is 20.0 Å². The zero-order valence-electron chi connectivity index (χ0n) is 12.1. The van der Waals surface area contributed by atoms with Crippen molar-refractivity contribution >= 4 is 18.3 Å². The molecule has 3 atom stereocenters. The first kappa shape index (κ1) is 15.3. The number of nitrogens with zero attached hydrogens (tertiary/aromatic N) is 3. The Kier molecular flexibility index (Phi) is 4.70. The first-order chi connectivity index (χ1) is 9.19. The van der Waals surface area contributed by atoms with E-state index in [0.29, 0.717) is 0 Å². The highest BCUT2D eigenvalue weighted by molar-refractivity contribution is 5.85. The maximum absolute atomic E-state index is 12.6. The first-order valence-electron chi connectivity index (χ1n) is 7.13. The number of likely N-dealkylation sites (N-methyl/N-ethyl adjacent to an activating group) is 1. The van der Waals surface area contributed by atoms with Crippen LogP contribution in [-0.4, -0.2) is 40.7 Å². The van der Waals surface area contributed by atoms with Crippen LogP contribution < -0.4 is 5.32 Å². The molecular weight excluding hydrogens is 276 g/mol. The third kappa shape index (κ3) is 2.69. The highest BCUT2D eigenvalue weighted by Crippen LogP contribution is 2.38. The number of likely N-dealkylation sites (tertiary alicyclic amines) is 1. The van der Waals surface area contributed by atoms with Gasteiger partial charge in [0.1, 0.15) is 6.04 Å². The number of carbonyl (C=O) groups excluding carboxylic acids is 1. The fourth-order valence-electron chi connectivity index (χ4n) is 3.62. The second kappa shape index (κ2) is 6.14. The van der Waals surface area contributed by atoms with Crippen LogP contribution in [0.25, 0.3) is 0 Å². The van der Waals surface area contributed by atoms with E-state index in [1.54, 1.807) is 10.9 Å². The SMILES string of the molecule is CNC(C(=O)N1CC2CCCC2C1)c1cnn(C)c1.Cl. The lowest BCUT2D eigenvalue weighted by molar-refractivity contribution is -0.132. The van der Waals surface area contributed by atoms with E-state index >= 15 is 0 Å². The van der Waals surface area contributed by atoms with Gasteiger partial charge in [-0.05, 0) is 31.7 Å². The molecule has 3 rings (SSSR count). The van der Waals surface area contributed by atoms with Gasteiger partial charge in [0.05, 0.1) is 6.20 Å². The zero-order valence-corrected chi connectivity index (χ0v) is 12.9. The van der Waals surface area contributed by atoms with Crippen LogP contribution in [0.1, 0.15) is 30.9 Å². The van der Waals surface area contributed by atoms with Crippen LogP contribution >= 0.6 is 12.4 Å². The van der Waals surface area contributed by atoms with E-state index < -0.39 is 0 Å². The Morgan fingerprint density at radius 3 is 2.55 bits per heavy atom. The van der Waals surface area contributed by atoms with Gasteiger partial charge in [0.15, 0.2) is 0 Å². The van der Waals surface area contributed by atoms with Crippen molar-refractivity contribution < 1.29 is 4.79 Å². The minimum Gasteiger partial charge on any atom is -0.340 e. The molecule has 1 aliphatic carbocycles. The lowest BCUT2D eigenvalue weighted by atomic mass is 10.0. The molecule has 2 fully saturated rings. The monoisotopic (exact) mass is 298 g/mol. The molecule has 20 heavy (non-hydrogen) atoms. The number of hydrogen-bond donors (Lipinski definition) is 1. The Bertz CT molecular complexity index is 463. The van der Waals surface area contributed by atoms with E-state index in [0.717, 1.165) is 30.5 Å². The Morgan fingerprint density at radius 2 is 2.05 bits per heavy atom. The number of carbonyl (C=O) groups is 1. The van der Waals surface area contributed by atoms with Gasteiger partial charge in [-0.15, -0.1) is 12.4 Å². The fraction of sp³-hybridized carbons (Fsp3) is 0.714. The minimum atomic E-state index is -0.257. The predicted molar refractivity (Wildman–Crippen MR) is 79.7 cm³/mol. The molecule has 1 saturated heterocycles. The lowest BCUT2D eigenvalue weighted by Gasteiger charge is -2.23. The van der Waals surface area contributed by atoms with Gasteiger partial charge in [-0.3, -0.25) is 9.48 Å². The maximum Gasteiger partial charge on any atom is 0.244 e. The number of fused-ring (bicyclic) bond motifs is 1. The average Bonchev–Trinajstić information content (AvgIpc) is 3.04. The Labute approximate surface area is 126 Å². The number of nitrogens with one attached hydrogen (secondary N) is 1. The van der Waals surface area contributed by atoms with Crippen LogP contribution in [0.3, 0.4) is 0 Å².